The molecule has 0 aliphatic carbocycles. The van der Waals surface area contributed by atoms with E-state index in [1.54, 1.807) is 6.07 Å². The molecule has 6 heteroatoms. The SMILES string of the molecule is CCCNCc1cc(F)ccc1N1CCS(=O)(=O)CC1. The fraction of sp³-hybridized carbons (Fsp3) is 0.571. The molecular formula is C14H21FN2O2S. The quantitative estimate of drug-likeness (QED) is 0.839. The number of nitrogens with one attached hydrogen (secondary N) is 1. The van der Waals surface area contributed by atoms with E-state index in [1.807, 2.05) is 4.90 Å². The summed E-state index contributed by atoms with van der Waals surface area (Å²) >= 11 is 0. The molecule has 0 atom stereocenters. The van der Waals surface area contributed by atoms with Crippen LogP contribution in [0.3, 0.4) is 0 Å². The summed E-state index contributed by atoms with van der Waals surface area (Å²) in [5, 5.41) is 3.26. The smallest absolute Gasteiger partial charge is 0.153 e. The lowest BCUT2D eigenvalue weighted by molar-refractivity contribution is 0.585. The Labute approximate surface area is 119 Å². The van der Waals surface area contributed by atoms with Gasteiger partial charge in [0.2, 0.25) is 0 Å². The van der Waals surface area contributed by atoms with Crippen LogP contribution in [0.15, 0.2) is 18.2 Å². The Balaban J connectivity index is 2.14. The lowest BCUT2D eigenvalue weighted by Crippen LogP contribution is -2.40. The van der Waals surface area contributed by atoms with Gasteiger partial charge in [-0.3, -0.25) is 0 Å². The predicted octanol–water partition coefficient (Wildman–Crippen LogP) is 1.56. The Hall–Kier alpha value is -1.14. The van der Waals surface area contributed by atoms with Crippen LogP contribution in [0.5, 0.6) is 0 Å². The molecule has 0 bridgehead atoms. The van der Waals surface area contributed by atoms with Crippen LogP contribution in [0.25, 0.3) is 0 Å². The maximum absolute atomic E-state index is 13.4. The van der Waals surface area contributed by atoms with Gasteiger partial charge in [0.15, 0.2) is 9.84 Å². The molecule has 0 amide bonds. The van der Waals surface area contributed by atoms with E-state index in [4.69, 9.17) is 0 Å². The van der Waals surface area contributed by atoms with E-state index >= 15 is 0 Å². The second-order valence-electron chi connectivity index (χ2n) is 5.09. The number of nitrogens with zero attached hydrogens (tertiary/aromatic N) is 1. The van der Waals surface area contributed by atoms with Gasteiger partial charge in [-0.1, -0.05) is 6.92 Å². The molecule has 4 nitrogen and oxygen atoms in total. The highest BCUT2D eigenvalue weighted by atomic mass is 32.2. The fourth-order valence-corrected chi connectivity index (χ4v) is 3.56. The van der Waals surface area contributed by atoms with E-state index in [0.717, 1.165) is 24.2 Å². The van der Waals surface area contributed by atoms with Crippen LogP contribution in [0.2, 0.25) is 0 Å². The zero-order valence-electron chi connectivity index (χ0n) is 11.7. The molecule has 1 fully saturated rings. The summed E-state index contributed by atoms with van der Waals surface area (Å²) in [6.45, 7) is 4.52. The average molecular weight is 300 g/mol. The highest BCUT2D eigenvalue weighted by Gasteiger charge is 2.23. The number of sulfone groups is 1. The van der Waals surface area contributed by atoms with Crippen molar-refractivity contribution in [3.63, 3.8) is 0 Å². The van der Waals surface area contributed by atoms with Gasteiger partial charge in [-0.2, -0.15) is 0 Å². The maximum atomic E-state index is 13.4. The molecule has 112 valence electrons. The van der Waals surface area contributed by atoms with Gasteiger partial charge in [0.1, 0.15) is 5.82 Å². The molecule has 1 N–H and O–H groups in total. The minimum Gasteiger partial charge on any atom is -0.369 e. The summed E-state index contributed by atoms with van der Waals surface area (Å²) in [4.78, 5) is 2.03. The standard InChI is InChI=1S/C14H21FN2O2S/c1-2-5-16-11-12-10-13(15)3-4-14(12)17-6-8-20(18,19)9-7-17/h3-4,10,16H,2,5-9,11H2,1H3. The second-order valence-corrected chi connectivity index (χ2v) is 7.39. The number of benzene rings is 1. The monoisotopic (exact) mass is 300 g/mol. The van der Waals surface area contributed by atoms with Crippen molar-refractivity contribution in [3.8, 4) is 0 Å². The van der Waals surface area contributed by atoms with Gasteiger partial charge in [0.25, 0.3) is 0 Å². The molecule has 1 saturated heterocycles. The molecule has 0 aromatic heterocycles. The van der Waals surface area contributed by atoms with Gasteiger partial charge in [-0.05, 0) is 36.7 Å². The molecule has 0 radical (unpaired) electrons. The molecule has 1 aliphatic rings. The molecule has 1 aromatic carbocycles. The van der Waals surface area contributed by atoms with Crippen LogP contribution < -0.4 is 10.2 Å². The van der Waals surface area contributed by atoms with Crippen molar-refractivity contribution in [2.45, 2.75) is 19.9 Å². The summed E-state index contributed by atoms with van der Waals surface area (Å²) in [7, 11) is -2.90. The molecule has 0 unspecified atom stereocenters. The van der Waals surface area contributed by atoms with Crippen molar-refractivity contribution >= 4 is 15.5 Å². The summed E-state index contributed by atoms with van der Waals surface area (Å²) < 4.78 is 36.4. The summed E-state index contributed by atoms with van der Waals surface area (Å²) in [6.07, 6.45) is 1.02. The Morgan fingerprint density at radius 3 is 2.65 bits per heavy atom. The molecule has 0 spiro atoms. The normalized spacial score (nSPS) is 18.2. The third kappa shape index (κ3) is 3.93. The van der Waals surface area contributed by atoms with E-state index < -0.39 is 9.84 Å². The van der Waals surface area contributed by atoms with E-state index in [-0.39, 0.29) is 17.3 Å². The van der Waals surface area contributed by atoms with Crippen LogP contribution >= 0.6 is 0 Å². The first-order chi connectivity index (χ1) is 9.52. The maximum Gasteiger partial charge on any atom is 0.153 e. The highest BCUT2D eigenvalue weighted by Crippen LogP contribution is 2.23. The molecule has 1 aliphatic heterocycles. The van der Waals surface area contributed by atoms with Crippen LogP contribution in [-0.2, 0) is 16.4 Å². The van der Waals surface area contributed by atoms with Gasteiger partial charge in [-0.15, -0.1) is 0 Å². The minimum atomic E-state index is -2.90. The van der Waals surface area contributed by atoms with Gasteiger partial charge in [0.05, 0.1) is 11.5 Å². The van der Waals surface area contributed by atoms with Crippen molar-refractivity contribution in [1.82, 2.24) is 5.32 Å². The van der Waals surface area contributed by atoms with Crippen LogP contribution in [0.4, 0.5) is 10.1 Å². The molecule has 2 rings (SSSR count). The predicted molar refractivity (Wildman–Crippen MR) is 79.3 cm³/mol. The van der Waals surface area contributed by atoms with Crippen molar-refractivity contribution in [1.29, 1.82) is 0 Å². The van der Waals surface area contributed by atoms with Gasteiger partial charge >= 0.3 is 0 Å². The Morgan fingerprint density at radius 2 is 2.00 bits per heavy atom. The van der Waals surface area contributed by atoms with E-state index in [1.165, 1.54) is 12.1 Å². The van der Waals surface area contributed by atoms with Crippen molar-refractivity contribution in [3.05, 3.63) is 29.6 Å². The third-order valence-electron chi connectivity index (χ3n) is 3.47. The van der Waals surface area contributed by atoms with Crippen LogP contribution in [-0.4, -0.2) is 39.6 Å². The third-order valence-corrected chi connectivity index (χ3v) is 5.08. The Morgan fingerprint density at radius 1 is 1.30 bits per heavy atom. The Bertz CT molecular complexity index is 546. The summed E-state index contributed by atoms with van der Waals surface area (Å²) in [6, 6.07) is 4.71. The minimum absolute atomic E-state index is 0.173. The number of rotatable bonds is 5. The first kappa shape index (κ1) is 15.3. The average Bonchev–Trinajstić information content (AvgIpc) is 2.40. The lowest BCUT2D eigenvalue weighted by atomic mass is 10.1. The van der Waals surface area contributed by atoms with Crippen molar-refractivity contribution in [2.75, 3.05) is 36.0 Å². The topological polar surface area (TPSA) is 49.4 Å². The van der Waals surface area contributed by atoms with Gasteiger partial charge in [0, 0.05) is 25.3 Å². The number of halogens is 1. The van der Waals surface area contributed by atoms with E-state index in [2.05, 4.69) is 12.2 Å². The van der Waals surface area contributed by atoms with E-state index in [9.17, 15) is 12.8 Å². The highest BCUT2D eigenvalue weighted by molar-refractivity contribution is 7.91. The fourth-order valence-electron chi connectivity index (χ4n) is 2.36. The largest absolute Gasteiger partial charge is 0.369 e. The molecule has 0 saturated carbocycles. The zero-order valence-corrected chi connectivity index (χ0v) is 12.5. The van der Waals surface area contributed by atoms with Gasteiger partial charge in [-0.25, -0.2) is 12.8 Å². The molecule has 1 heterocycles. The molecule has 1 aromatic rings. The first-order valence-electron chi connectivity index (χ1n) is 6.96. The molecular weight excluding hydrogens is 279 g/mol. The first-order valence-corrected chi connectivity index (χ1v) is 8.78. The molecule has 20 heavy (non-hydrogen) atoms. The zero-order chi connectivity index (χ0) is 14.6. The lowest BCUT2D eigenvalue weighted by Gasteiger charge is -2.30. The van der Waals surface area contributed by atoms with Gasteiger partial charge < -0.3 is 10.2 Å². The number of hydrogen-bond donors (Lipinski definition) is 1. The van der Waals surface area contributed by atoms with Crippen LogP contribution in [0.1, 0.15) is 18.9 Å². The Kier molecular flexibility index (Phi) is 4.99. The number of anilines is 1. The number of hydrogen-bond acceptors (Lipinski definition) is 4. The summed E-state index contributed by atoms with van der Waals surface area (Å²) in [5.74, 6) is 0.0879. The van der Waals surface area contributed by atoms with Crippen molar-refractivity contribution in [2.24, 2.45) is 0 Å². The summed E-state index contributed by atoms with van der Waals surface area (Å²) in [5.41, 5.74) is 1.82. The second kappa shape index (κ2) is 6.54. The van der Waals surface area contributed by atoms with Crippen LogP contribution in [0, 0.1) is 5.82 Å². The van der Waals surface area contributed by atoms with Crippen molar-refractivity contribution < 1.29 is 12.8 Å². The van der Waals surface area contributed by atoms with E-state index in [0.29, 0.717) is 19.6 Å².